The van der Waals surface area contributed by atoms with Crippen LogP contribution < -0.4 is 33.7 Å². The maximum Gasteiger partial charge on any atom is 0.410 e. The van der Waals surface area contributed by atoms with E-state index in [1.165, 1.54) is 12.7 Å². The fourth-order valence-corrected chi connectivity index (χ4v) is 8.44. The van der Waals surface area contributed by atoms with Gasteiger partial charge in [0.25, 0.3) is 0 Å². The number of aromatic nitrogens is 6. The molecule has 2 saturated heterocycles. The molecule has 3 N–H and O–H groups in total. The Labute approximate surface area is 396 Å². The van der Waals surface area contributed by atoms with Crippen molar-refractivity contribution in [3.8, 4) is 46.3 Å². The van der Waals surface area contributed by atoms with Gasteiger partial charge in [0.2, 0.25) is 11.8 Å². The Hall–Kier alpha value is -7.47. The first kappa shape index (κ1) is 46.6. The lowest BCUT2D eigenvalue weighted by Crippen LogP contribution is -2.44. The molecule has 69 heavy (non-hydrogen) atoms. The minimum absolute atomic E-state index is 0.0625. The second-order valence-corrected chi connectivity index (χ2v) is 18.0. The van der Waals surface area contributed by atoms with Gasteiger partial charge in [-0.15, -0.1) is 0 Å². The quantitative estimate of drug-likeness (QED) is 0.118. The van der Waals surface area contributed by atoms with Crippen LogP contribution in [0.15, 0.2) is 73.3 Å². The number of H-pyrrole nitrogens is 2. The summed E-state index contributed by atoms with van der Waals surface area (Å²) in [5.41, 5.74) is 3.81. The van der Waals surface area contributed by atoms with Crippen LogP contribution in [-0.4, -0.2) is 99.1 Å². The highest BCUT2D eigenvalue weighted by Crippen LogP contribution is 2.40. The zero-order chi connectivity index (χ0) is 48.4. The molecule has 10 rings (SSSR count). The summed E-state index contributed by atoms with van der Waals surface area (Å²) < 4.78 is 71.0. The molecule has 0 bridgehead atoms. The minimum atomic E-state index is -0.535. The maximum absolute atomic E-state index is 15.1. The van der Waals surface area contributed by atoms with E-state index < -0.39 is 17.2 Å². The van der Waals surface area contributed by atoms with Gasteiger partial charge in [-0.2, -0.15) is 0 Å². The van der Waals surface area contributed by atoms with Gasteiger partial charge in [-0.25, -0.2) is 33.5 Å². The predicted molar refractivity (Wildman–Crippen MR) is 256 cm³/mol. The molecule has 2 aliphatic heterocycles. The molecule has 4 aromatic carbocycles. The predicted octanol–water partition coefficient (Wildman–Crippen LogP) is 10.6. The molecule has 18 heteroatoms. The molecule has 0 saturated carbocycles. The van der Waals surface area contributed by atoms with Crippen LogP contribution >= 0.6 is 0 Å². The van der Waals surface area contributed by atoms with E-state index in [1.807, 2.05) is 40.7 Å². The first-order valence-corrected chi connectivity index (χ1v) is 22.8. The number of benzene rings is 4. The highest BCUT2D eigenvalue weighted by atomic mass is 19.1. The van der Waals surface area contributed by atoms with E-state index in [-0.39, 0.29) is 41.6 Å². The van der Waals surface area contributed by atoms with Gasteiger partial charge in [0, 0.05) is 71.3 Å². The maximum atomic E-state index is 15.1. The van der Waals surface area contributed by atoms with Crippen molar-refractivity contribution in [2.75, 3.05) is 40.4 Å². The summed E-state index contributed by atoms with van der Waals surface area (Å²) in [5.74, 6) is 1.89. The number of nitrogens with one attached hydrogen (secondary N) is 3. The number of aromatic amines is 2. The number of hydrogen-bond donors (Lipinski definition) is 3. The fraction of sp³-hybridized carbons (Fsp3) is 0.353. The van der Waals surface area contributed by atoms with Crippen LogP contribution in [0.5, 0.6) is 46.3 Å². The molecule has 8 aromatic rings. The van der Waals surface area contributed by atoms with E-state index >= 15 is 8.78 Å². The fourth-order valence-electron chi connectivity index (χ4n) is 8.44. The number of methoxy groups -OCH3 is 2. The topological polar surface area (TPSA) is 180 Å². The third-order valence-electron chi connectivity index (χ3n) is 11.8. The zero-order valence-corrected chi connectivity index (χ0v) is 39.5. The number of aryl methyl sites for hydroxylation is 2. The summed E-state index contributed by atoms with van der Waals surface area (Å²) in [6.07, 6.45) is 5.63. The molecule has 1 amide bonds. The summed E-state index contributed by atoms with van der Waals surface area (Å²) >= 11 is 0. The van der Waals surface area contributed by atoms with Gasteiger partial charge in [0.1, 0.15) is 30.5 Å². The molecule has 2 aliphatic rings. The van der Waals surface area contributed by atoms with E-state index in [0.717, 1.165) is 42.8 Å². The van der Waals surface area contributed by atoms with Gasteiger partial charge in [0.05, 0.1) is 36.0 Å². The average Bonchev–Trinajstić information content (AvgIpc) is 3.92. The molecular weight excluding hydrogens is 891 g/mol. The van der Waals surface area contributed by atoms with Gasteiger partial charge in [0.15, 0.2) is 46.1 Å². The van der Waals surface area contributed by atoms with Crippen molar-refractivity contribution >= 4 is 49.7 Å². The number of ether oxygens (including phenoxy) is 7. The molecule has 0 unspecified atom stereocenters. The van der Waals surface area contributed by atoms with Crippen LogP contribution in [0.4, 0.5) is 13.6 Å². The van der Waals surface area contributed by atoms with E-state index in [2.05, 4.69) is 35.2 Å². The van der Waals surface area contributed by atoms with E-state index in [4.69, 9.17) is 33.2 Å². The molecule has 16 nitrogen and oxygen atoms in total. The van der Waals surface area contributed by atoms with Crippen molar-refractivity contribution in [3.05, 3.63) is 96.3 Å². The van der Waals surface area contributed by atoms with Crippen LogP contribution in [-0.2, 0) is 4.74 Å². The number of carbonyl (C=O) groups is 1. The largest absolute Gasteiger partial charge is 0.493 e. The van der Waals surface area contributed by atoms with E-state index in [1.54, 1.807) is 73.7 Å². The first-order chi connectivity index (χ1) is 33.2. The van der Waals surface area contributed by atoms with E-state index in [9.17, 15) is 4.79 Å². The molecule has 0 aliphatic carbocycles. The summed E-state index contributed by atoms with van der Waals surface area (Å²) in [6, 6.07) is 17.3. The monoisotopic (exact) mass is 944 g/mol. The number of likely N-dealkylation sites (tertiary alicyclic amines) is 1. The molecule has 0 radical (unpaired) electrons. The standard InChI is InChI=1S/C28H31FN4O5.C23H23FN4O3/c1-16-12-18-20(32-16)6-7-22(25(18)29)37-26-19-13-23(35-5)24(14-21(19)30-15-31-26)36-17-8-10-33(11-9-17)27(34)38-28(2,3)4;1-13-9-15-17(28-13)3-4-19(22(15)24)31-23-16-10-20(29-2)21(11-18(16)26-12-27-23)30-14-5-7-25-8-6-14/h6-7,12-15,17,32H,8-11H2,1-5H3;3-4,9-12,14,25,28H,5-8H2,1-2H3. The van der Waals surface area contributed by atoms with Gasteiger partial charge in [-0.05, 0) is 109 Å². The Morgan fingerprint density at radius 3 is 1.52 bits per heavy atom. The van der Waals surface area contributed by atoms with Crippen LogP contribution in [0.3, 0.4) is 0 Å². The Morgan fingerprint density at radius 1 is 0.609 bits per heavy atom. The normalized spacial score (nSPS) is 14.7. The number of rotatable bonds is 10. The van der Waals surface area contributed by atoms with Gasteiger partial charge in [-0.1, -0.05) is 0 Å². The third-order valence-corrected chi connectivity index (χ3v) is 11.8. The second-order valence-electron chi connectivity index (χ2n) is 18.0. The smallest absolute Gasteiger partial charge is 0.410 e. The number of halogens is 2. The Kier molecular flexibility index (Phi) is 13.3. The van der Waals surface area contributed by atoms with Gasteiger partial charge >= 0.3 is 6.09 Å². The second kappa shape index (κ2) is 19.6. The Balaban J connectivity index is 0.000000175. The Morgan fingerprint density at radius 2 is 1.07 bits per heavy atom. The van der Waals surface area contributed by atoms with Crippen LogP contribution in [0.2, 0.25) is 0 Å². The molecule has 6 heterocycles. The van der Waals surface area contributed by atoms with Crippen molar-refractivity contribution in [1.82, 2.24) is 40.1 Å². The Bertz CT molecular complexity index is 3160. The molecule has 4 aromatic heterocycles. The number of amides is 1. The molecule has 0 spiro atoms. The number of fused-ring (bicyclic) bond motifs is 4. The lowest BCUT2D eigenvalue weighted by atomic mass is 10.1. The minimum Gasteiger partial charge on any atom is -0.493 e. The number of nitrogens with zero attached hydrogens (tertiary/aromatic N) is 5. The molecule has 360 valence electrons. The first-order valence-electron chi connectivity index (χ1n) is 22.8. The number of piperidine rings is 2. The van der Waals surface area contributed by atoms with Crippen molar-refractivity contribution in [2.45, 2.75) is 78.1 Å². The summed E-state index contributed by atoms with van der Waals surface area (Å²) in [4.78, 5) is 37.5. The number of hydrogen-bond acceptors (Lipinski definition) is 13. The molecule has 2 fully saturated rings. The third kappa shape index (κ3) is 10.4. The highest BCUT2D eigenvalue weighted by Gasteiger charge is 2.29. The lowest BCUT2D eigenvalue weighted by Gasteiger charge is -2.33. The highest BCUT2D eigenvalue weighted by molar-refractivity contribution is 5.89. The van der Waals surface area contributed by atoms with E-state index in [0.29, 0.717) is 87.0 Å². The van der Waals surface area contributed by atoms with Crippen LogP contribution in [0.1, 0.15) is 57.8 Å². The van der Waals surface area contributed by atoms with Gasteiger partial charge in [-0.3, -0.25) is 0 Å². The summed E-state index contributed by atoms with van der Waals surface area (Å²) in [6.45, 7) is 12.2. The van der Waals surface area contributed by atoms with Crippen molar-refractivity contribution in [3.63, 3.8) is 0 Å². The zero-order valence-electron chi connectivity index (χ0n) is 39.5. The molecule has 0 atom stereocenters. The van der Waals surface area contributed by atoms with Crippen LogP contribution in [0, 0.1) is 25.5 Å². The van der Waals surface area contributed by atoms with Crippen molar-refractivity contribution < 1.29 is 46.7 Å². The van der Waals surface area contributed by atoms with Crippen molar-refractivity contribution in [2.24, 2.45) is 0 Å². The summed E-state index contributed by atoms with van der Waals surface area (Å²) in [7, 11) is 3.13. The summed E-state index contributed by atoms with van der Waals surface area (Å²) in [5, 5.41) is 5.42. The van der Waals surface area contributed by atoms with Crippen molar-refractivity contribution in [1.29, 1.82) is 0 Å². The SMILES string of the molecule is COc1cc2c(Oc3ccc4[nH]c(C)cc4c3F)ncnc2cc1OC1CCN(C(=O)OC(C)(C)C)CC1.COc1cc2c(Oc3ccc4[nH]c(C)cc4c3F)ncnc2cc1OC1CCNCC1. The van der Waals surface area contributed by atoms with Crippen LogP contribution in [0.25, 0.3) is 43.6 Å². The average molecular weight is 945 g/mol. The lowest BCUT2D eigenvalue weighted by molar-refractivity contribution is 0.0124. The molecular formula is C51H54F2N8O8. The van der Waals surface area contributed by atoms with Gasteiger partial charge < -0.3 is 53.3 Å². The number of carbonyl (C=O) groups excluding carboxylic acids is 1.